The van der Waals surface area contributed by atoms with Crippen molar-refractivity contribution >= 4 is 5.91 Å². The van der Waals surface area contributed by atoms with Gasteiger partial charge in [-0.1, -0.05) is 0 Å². The number of hydrogen-bond acceptors (Lipinski definition) is 3. The summed E-state index contributed by atoms with van der Waals surface area (Å²) in [5.41, 5.74) is 1.20. The number of aryl methyl sites for hydroxylation is 1. The minimum Gasteiger partial charge on any atom is -0.375 e. The lowest BCUT2D eigenvalue weighted by atomic mass is 9.94. The average molecular weight is 263 g/mol. The Labute approximate surface area is 113 Å². The van der Waals surface area contributed by atoms with Gasteiger partial charge in [-0.2, -0.15) is 0 Å². The molecule has 1 aromatic heterocycles. The first-order valence-electron chi connectivity index (χ1n) is 7.06. The number of imidazole rings is 1. The minimum atomic E-state index is 0.119. The first-order valence-corrected chi connectivity index (χ1v) is 7.06. The van der Waals surface area contributed by atoms with Crippen LogP contribution in [0.2, 0.25) is 0 Å². The number of rotatable bonds is 1. The molecule has 5 heteroatoms. The molecule has 5 nitrogen and oxygen atoms in total. The number of morpholine rings is 1. The van der Waals surface area contributed by atoms with E-state index >= 15 is 0 Å². The number of hydrogen-bond donors (Lipinski definition) is 0. The highest BCUT2D eigenvalue weighted by molar-refractivity contribution is 5.79. The molecule has 3 rings (SSSR count). The molecule has 2 atom stereocenters. The highest BCUT2D eigenvalue weighted by Gasteiger charge is 2.31. The van der Waals surface area contributed by atoms with Gasteiger partial charge in [0.1, 0.15) is 5.82 Å². The Morgan fingerprint density at radius 1 is 1.47 bits per heavy atom. The average Bonchev–Trinajstić information content (AvgIpc) is 2.79. The number of ether oxygens (including phenoxy) is 1. The summed E-state index contributed by atoms with van der Waals surface area (Å²) in [6.07, 6.45) is 3.82. The smallest absolute Gasteiger partial charge is 0.226 e. The van der Waals surface area contributed by atoms with E-state index < -0.39 is 0 Å². The third-order valence-electron chi connectivity index (χ3n) is 4.20. The third-order valence-corrected chi connectivity index (χ3v) is 4.20. The Bertz CT molecular complexity index is 483. The first kappa shape index (κ1) is 12.7. The molecule has 2 unspecified atom stereocenters. The van der Waals surface area contributed by atoms with E-state index in [9.17, 15) is 4.79 Å². The summed E-state index contributed by atoms with van der Waals surface area (Å²) in [7, 11) is 0. The van der Waals surface area contributed by atoms with Crippen molar-refractivity contribution in [1.82, 2.24) is 14.5 Å². The summed E-state index contributed by atoms with van der Waals surface area (Å²) >= 11 is 0. The number of amides is 1. The molecule has 104 valence electrons. The molecular formula is C14H21N3O2. The van der Waals surface area contributed by atoms with Gasteiger partial charge in [-0.3, -0.25) is 4.79 Å². The predicted molar refractivity (Wildman–Crippen MR) is 70.8 cm³/mol. The van der Waals surface area contributed by atoms with Gasteiger partial charge in [-0.15, -0.1) is 0 Å². The second-order valence-electron chi connectivity index (χ2n) is 5.60. The number of fused-ring (bicyclic) bond motifs is 1. The van der Waals surface area contributed by atoms with Crippen LogP contribution in [0.25, 0.3) is 0 Å². The van der Waals surface area contributed by atoms with Crippen molar-refractivity contribution in [3.05, 3.63) is 17.7 Å². The molecule has 0 spiro atoms. The van der Waals surface area contributed by atoms with Gasteiger partial charge in [-0.25, -0.2) is 4.98 Å². The summed E-state index contributed by atoms with van der Waals surface area (Å²) < 4.78 is 7.73. The number of nitrogens with zero attached hydrogens (tertiary/aromatic N) is 3. The highest BCUT2D eigenvalue weighted by Crippen LogP contribution is 2.24. The Kier molecular flexibility index (Phi) is 3.31. The third kappa shape index (κ3) is 2.39. The van der Waals surface area contributed by atoms with Crippen LogP contribution in [0.1, 0.15) is 24.9 Å². The fourth-order valence-electron chi connectivity index (χ4n) is 3.11. The van der Waals surface area contributed by atoms with Crippen LogP contribution in [0.3, 0.4) is 0 Å². The lowest BCUT2D eigenvalue weighted by molar-refractivity contribution is -0.143. The first-order chi connectivity index (χ1) is 9.15. The van der Waals surface area contributed by atoms with Crippen molar-refractivity contribution in [2.45, 2.75) is 39.3 Å². The van der Waals surface area contributed by atoms with Crippen LogP contribution in [-0.2, 0) is 22.5 Å². The van der Waals surface area contributed by atoms with Crippen LogP contribution < -0.4 is 0 Å². The molecule has 0 saturated carbocycles. The van der Waals surface area contributed by atoms with Crippen molar-refractivity contribution in [1.29, 1.82) is 0 Å². The van der Waals surface area contributed by atoms with Crippen molar-refractivity contribution in [3.63, 3.8) is 0 Å². The molecular weight excluding hydrogens is 242 g/mol. The molecule has 0 aliphatic carbocycles. The zero-order valence-electron chi connectivity index (χ0n) is 11.6. The molecule has 2 aliphatic heterocycles. The van der Waals surface area contributed by atoms with Crippen LogP contribution in [0, 0.1) is 12.8 Å². The van der Waals surface area contributed by atoms with Crippen molar-refractivity contribution in [2.75, 3.05) is 19.7 Å². The zero-order chi connectivity index (χ0) is 13.4. The monoisotopic (exact) mass is 263 g/mol. The van der Waals surface area contributed by atoms with E-state index in [1.54, 1.807) is 0 Å². The maximum absolute atomic E-state index is 12.6. The molecule has 0 aromatic carbocycles. The van der Waals surface area contributed by atoms with E-state index in [0.29, 0.717) is 12.5 Å². The van der Waals surface area contributed by atoms with E-state index in [-0.39, 0.29) is 12.0 Å². The molecule has 1 amide bonds. The predicted octanol–water partition coefficient (Wildman–Crippen LogP) is 1.00. The molecule has 0 bridgehead atoms. The Morgan fingerprint density at radius 3 is 3.11 bits per heavy atom. The van der Waals surface area contributed by atoms with Crippen LogP contribution in [-0.4, -0.2) is 46.2 Å². The van der Waals surface area contributed by atoms with Crippen LogP contribution in [0.15, 0.2) is 6.20 Å². The summed E-state index contributed by atoms with van der Waals surface area (Å²) in [6.45, 7) is 7.09. The van der Waals surface area contributed by atoms with E-state index in [4.69, 9.17) is 4.74 Å². The van der Waals surface area contributed by atoms with E-state index in [1.165, 1.54) is 5.69 Å². The van der Waals surface area contributed by atoms with Crippen LogP contribution >= 0.6 is 0 Å². The Morgan fingerprint density at radius 2 is 2.32 bits per heavy atom. The van der Waals surface area contributed by atoms with E-state index in [2.05, 4.69) is 9.55 Å². The second kappa shape index (κ2) is 4.96. The summed E-state index contributed by atoms with van der Waals surface area (Å²) in [5, 5.41) is 0. The van der Waals surface area contributed by atoms with Gasteiger partial charge in [0.15, 0.2) is 0 Å². The van der Waals surface area contributed by atoms with Gasteiger partial charge in [0.2, 0.25) is 5.91 Å². The SMILES string of the molecule is Cc1ncc2n1CCC(C(=O)N1CCOC(C)C1)C2. The molecule has 0 radical (unpaired) electrons. The molecule has 1 aromatic rings. The van der Waals surface area contributed by atoms with Crippen molar-refractivity contribution in [3.8, 4) is 0 Å². The minimum absolute atomic E-state index is 0.119. The summed E-state index contributed by atoms with van der Waals surface area (Å²) in [5.74, 6) is 1.47. The number of carbonyl (C=O) groups is 1. The summed E-state index contributed by atoms with van der Waals surface area (Å²) in [6, 6.07) is 0. The zero-order valence-corrected chi connectivity index (χ0v) is 11.6. The van der Waals surface area contributed by atoms with Gasteiger partial charge in [0, 0.05) is 43.9 Å². The number of aromatic nitrogens is 2. The molecule has 3 heterocycles. The van der Waals surface area contributed by atoms with Gasteiger partial charge in [0.25, 0.3) is 0 Å². The van der Waals surface area contributed by atoms with Gasteiger partial charge in [-0.05, 0) is 20.3 Å². The highest BCUT2D eigenvalue weighted by atomic mass is 16.5. The number of carbonyl (C=O) groups excluding carboxylic acids is 1. The van der Waals surface area contributed by atoms with Crippen LogP contribution in [0.5, 0.6) is 0 Å². The maximum atomic E-state index is 12.6. The van der Waals surface area contributed by atoms with Gasteiger partial charge >= 0.3 is 0 Å². The Hall–Kier alpha value is -1.36. The fraction of sp³-hybridized carbons (Fsp3) is 0.714. The van der Waals surface area contributed by atoms with Crippen molar-refractivity contribution < 1.29 is 9.53 Å². The normalized spacial score (nSPS) is 27.2. The second-order valence-corrected chi connectivity index (χ2v) is 5.60. The maximum Gasteiger partial charge on any atom is 0.226 e. The lowest BCUT2D eigenvalue weighted by Crippen LogP contribution is -2.48. The van der Waals surface area contributed by atoms with E-state index in [1.807, 2.05) is 24.9 Å². The van der Waals surface area contributed by atoms with Crippen LogP contribution in [0.4, 0.5) is 0 Å². The lowest BCUT2D eigenvalue weighted by Gasteiger charge is -2.35. The van der Waals surface area contributed by atoms with E-state index in [0.717, 1.165) is 38.3 Å². The van der Waals surface area contributed by atoms with Gasteiger partial charge in [0.05, 0.1) is 12.7 Å². The topological polar surface area (TPSA) is 47.4 Å². The molecule has 19 heavy (non-hydrogen) atoms. The van der Waals surface area contributed by atoms with Crippen molar-refractivity contribution in [2.24, 2.45) is 5.92 Å². The molecule has 0 N–H and O–H groups in total. The molecule has 1 fully saturated rings. The quantitative estimate of drug-likeness (QED) is 0.759. The summed E-state index contributed by atoms with van der Waals surface area (Å²) in [4.78, 5) is 18.9. The van der Waals surface area contributed by atoms with Gasteiger partial charge < -0.3 is 14.2 Å². The molecule has 1 saturated heterocycles. The molecule has 2 aliphatic rings. The standard InChI is InChI=1S/C14H21N3O2/c1-10-9-16(5-6-19-10)14(18)12-3-4-17-11(2)15-8-13(17)7-12/h8,10,12H,3-7,9H2,1-2H3. The fourth-order valence-corrected chi connectivity index (χ4v) is 3.11. The largest absolute Gasteiger partial charge is 0.375 e. The Balaban J connectivity index is 1.69.